The van der Waals surface area contributed by atoms with Crippen molar-refractivity contribution in [2.75, 3.05) is 12.4 Å². The number of thiophene rings is 1. The van der Waals surface area contributed by atoms with E-state index in [1.807, 2.05) is 6.92 Å². The molecule has 33 heavy (non-hydrogen) atoms. The number of carbonyl (C=O) groups excluding carboxylic acids is 1. The number of benzene rings is 2. The van der Waals surface area contributed by atoms with E-state index >= 15 is 0 Å². The van der Waals surface area contributed by atoms with E-state index in [1.165, 1.54) is 17.3 Å². The number of rotatable bonds is 8. The van der Waals surface area contributed by atoms with Crippen molar-refractivity contribution in [1.82, 2.24) is 9.97 Å². The summed E-state index contributed by atoms with van der Waals surface area (Å²) in [4.78, 5) is 23.1. The summed E-state index contributed by atoms with van der Waals surface area (Å²) in [6.07, 6.45) is 3.20. The third-order valence-corrected chi connectivity index (χ3v) is 7.83. The standard InChI is InChI=1S/C25H24ClN3O2S2/c1-4-15-6-8-16(9-7-15)18-13-32-24-22(18)25(28-14-27-24)33-21(5-2)23(30)29-19-12-17(26)10-11-20(19)31-3/h6-14,21H,4-5H2,1-3H3,(H,29,30). The Hall–Kier alpha value is -2.61. The quantitative estimate of drug-likeness (QED) is 0.208. The molecule has 170 valence electrons. The molecule has 0 aliphatic rings. The maximum atomic E-state index is 13.2. The van der Waals surface area contributed by atoms with Crippen molar-refractivity contribution in [3.05, 3.63) is 64.8 Å². The van der Waals surface area contributed by atoms with Crippen LogP contribution in [0.25, 0.3) is 21.3 Å². The molecule has 1 N–H and O–H groups in total. The number of nitrogens with zero attached hydrogens (tertiary/aromatic N) is 2. The van der Waals surface area contributed by atoms with Crippen LogP contribution in [0.3, 0.4) is 0 Å². The van der Waals surface area contributed by atoms with Crippen LogP contribution in [0.15, 0.2) is 59.2 Å². The summed E-state index contributed by atoms with van der Waals surface area (Å²) in [5.41, 5.74) is 4.06. The van der Waals surface area contributed by atoms with E-state index in [-0.39, 0.29) is 11.2 Å². The number of halogens is 1. The summed E-state index contributed by atoms with van der Waals surface area (Å²) in [5.74, 6) is 0.437. The van der Waals surface area contributed by atoms with Crippen molar-refractivity contribution in [2.45, 2.75) is 37.0 Å². The Morgan fingerprint density at radius 1 is 1.18 bits per heavy atom. The Morgan fingerprint density at radius 2 is 1.97 bits per heavy atom. The number of ether oxygens (including phenoxy) is 1. The number of nitrogens with one attached hydrogen (secondary N) is 1. The number of hydrogen-bond donors (Lipinski definition) is 1. The molecular weight excluding hydrogens is 474 g/mol. The Morgan fingerprint density at radius 3 is 2.67 bits per heavy atom. The first kappa shape index (κ1) is 23.5. The second-order valence-corrected chi connectivity index (χ2v) is 9.89. The van der Waals surface area contributed by atoms with Gasteiger partial charge in [0.2, 0.25) is 5.91 Å². The highest BCUT2D eigenvalue weighted by Crippen LogP contribution is 2.40. The molecule has 1 atom stereocenters. The molecule has 4 rings (SSSR count). The molecule has 1 unspecified atom stereocenters. The topological polar surface area (TPSA) is 64.1 Å². The van der Waals surface area contributed by atoms with Crippen molar-refractivity contribution in [2.24, 2.45) is 0 Å². The third-order valence-electron chi connectivity index (χ3n) is 5.35. The maximum Gasteiger partial charge on any atom is 0.238 e. The highest BCUT2D eigenvalue weighted by Gasteiger charge is 2.23. The zero-order chi connectivity index (χ0) is 23.4. The molecule has 0 radical (unpaired) electrons. The Balaban J connectivity index is 1.64. The number of anilines is 1. The van der Waals surface area contributed by atoms with E-state index in [1.54, 1.807) is 43.0 Å². The minimum atomic E-state index is -0.345. The van der Waals surface area contributed by atoms with Gasteiger partial charge in [0.05, 0.1) is 23.4 Å². The van der Waals surface area contributed by atoms with E-state index in [2.05, 4.69) is 51.9 Å². The minimum Gasteiger partial charge on any atom is -0.495 e. The van der Waals surface area contributed by atoms with Gasteiger partial charge in [-0.3, -0.25) is 4.79 Å². The summed E-state index contributed by atoms with van der Waals surface area (Å²) in [7, 11) is 1.56. The van der Waals surface area contributed by atoms with Gasteiger partial charge in [0.1, 0.15) is 21.9 Å². The van der Waals surface area contributed by atoms with Gasteiger partial charge in [-0.1, -0.05) is 61.5 Å². The normalized spacial score (nSPS) is 12.0. The van der Waals surface area contributed by atoms with Crippen molar-refractivity contribution in [3.63, 3.8) is 0 Å². The third kappa shape index (κ3) is 5.16. The predicted molar refractivity (Wildman–Crippen MR) is 139 cm³/mol. The lowest BCUT2D eigenvalue weighted by molar-refractivity contribution is -0.115. The summed E-state index contributed by atoms with van der Waals surface area (Å²) >= 11 is 9.16. The number of methoxy groups -OCH3 is 1. The lowest BCUT2D eigenvalue weighted by Crippen LogP contribution is -2.25. The highest BCUT2D eigenvalue weighted by molar-refractivity contribution is 8.00. The van der Waals surface area contributed by atoms with Gasteiger partial charge in [-0.25, -0.2) is 9.97 Å². The summed E-state index contributed by atoms with van der Waals surface area (Å²) < 4.78 is 5.36. The smallest absolute Gasteiger partial charge is 0.238 e. The number of thioether (sulfide) groups is 1. The van der Waals surface area contributed by atoms with Crippen LogP contribution in [-0.2, 0) is 11.2 Å². The number of aromatic nitrogens is 2. The number of aryl methyl sites for hydroxylation is 1. The largest absolute Gasteiger partial charge is 0.495 e. The molecule has 2 heterocycles. The number of hydrogen-bond acceptors (Lipinski definition) is 6. The SMILES string of the molecule is CCc1ccc(-c2csc3ncnc(SC(CC)C(=O)Nc4cc(Cl)ccc4OC)c23)cc1. The second-order valence-electron chi connectivity index (χ2n) is 7.41. The van der Waals surface area contributed by atoms with Gasteiger partial charge in [-0.05, 0) is 42.2 Å². The van der Waals surface area contributed by atoms with Crippen LogP contribution in [-0.4, -0.2) is 28.2 Å². The molecule has 4 aromatic rings. The summed E-state index contributed by atoms with van der Waals surface area (Å²) in [6.45, 7) is 4.13. The van der Waals surface area contributed by atoms with Crippen LogP contribution in [0.4, 0.5) is 5.69 Å². The molecule has 0 aliphatic heterocycles. The van der Waals surface area contributed by atoms with Crippen LogP contribution in [0.2, 0.25) is 5.02 Å². The lowest BCUT2D eigenvalue weighted by Gasteiger charge is -2.17. The molecule has 0 saturated heterocycles. The van der Waals surface area contributed by atoms with E-state index in [9.17, 15) is 4.79 Å². The van der Waals surface area contributed by atoms with Crippen molar-refractivity contribution < 1.29 is 9.53 Å². The molecule has 1 amide bonds. The average molecular weight is 498 g/mol. The summed E-state index contributed by atoms with van der Waals surface area (Å²) in [5, 5.41) is 7.05. The predicted octanol–water partition coefficient (Wildman–Crippen LogP) is 7.09. The fourth-order valence-corrected chi connectivity index (χ4v) is 5.70. The summed E-state index contributed by atoms with van der Waals surface area (Å²) in [6, 6.07) is 13.7. The Kier molecular flexibility index (Phi) is 7.53. The van der Waals surface area contributed by atoms with Gasteiger partial charge in [0.15, 0.2) is 0 Å². The van der Waals surface area contributed by atoms with E-state index < -0.39 is 0 Å². The first-order chi connectivity index (χ1) is 16.0. The number of amides is 1. The average Bonchev–Trinajstić information content (AvgIpc) is 3.27. The van der Waals surface area contributed by atoms with Gasteiger partial charge in [-0.2, -0.15) is 0 Å². The number of carbonyl (C=O) groups is 1. The van der Waals surface area contributed by atoms with E-state index in [0.29, 0.717) is 22.9 Å². The van der Waals surface area contributed by atoms with Crippen LogP contribution in [0.1, 0.15) is 25.8 Å². The minimum absolute atomic E-state index is 0.126. The van der Waals surface area contributed by atoms with Crippen LogP contribution >= 0.6 is 34.7 Å². The van der Waals surface area contributed by atoms with Crippen molar-refractivity contribution >= 4 is 56.5 Å². The Bertz CT molecular complexity index is 1270. The second kappa shape index (κ2) is 10.5. The van der Waals surface area contributed by atoms with Gasteiger partial charge in [0, 0.05) is 16.0 Å². The zero-order valence-electron chi connectivity index (χ0n) is 18.6. The van der Waals surface area contributed by atoms with Crippen LogP contribution in [0, 0.1) is 0 Å². The number of fused-ring (bicyclic) bond motifs is 1. The molecule has 5 nitrogen and oxygen atoms in total. The van der Waals surface area contributed by atoms with Crippen molar-refractivity contribution in [3.8, 4) is 16.9 Å². The van der Waals surface area contributed by atoms with Crippen LogP contribution in [0.5, 0.6) is 5.75 Å². The first-order valence-electron chi connectivity index (χ1n) is 10.7. The molecule has 0 saturated carbocycles. The molecule has 0 aliphatic carbocycles. The van der Waals surface area contributed by atoms with Gasteiger partial charge < -0.3 is 10.1 Å². The fraction of sp³-hybridized carbons (Fsp3) is 0.240. The Labute approximate surface area is 206 Å². The molecule has 8 heteroatoms. The van der Waals surface area contributed by atoms with Gasteiger partial charge in [-0.15, -0.1) is 11.3 Å². The van der Waals surface area contributed by atoms with Gasteiger partial charge >= 0.3 is 0 Å². The monoisotopic (exact) mass is 497 g/mol. The molecule has 0 fully saturated rings. The highest BCUT2D eigenvalue weighted by atomic mass is 35.5. The van der Waals surface area contributed by atoms with E-state index in [4.69, 9.17) is 16.3 Å². The molecule has 0 bridgehead atoms. The molecule has 2 aromatic carbocycles. The molecule has 2 aromatic heterocycles. The maximum absolute atomic E-state index is 13.2. The first-order valence-corrected chi connectivity index (χ1v) is 12.8. The van der Waals surface area contributed by atoms with E-state index in [0.717, 1.165) is 32.8 Å². The zero-order valence-corrected chi connectivity index (χ0v) is 21.0. The molecule has 0 spiro atoms. The fourth-order valence-electron chi connectivity index (χ4n) is 3.52. The van der Waals surface area contributed by atoms with Crippen molar-refractivity contribution in [1.29, 1.82) is 0 Å². The molecular formula is C25H24ClN3O2S2. The van der Waals surface area contributed by atoms with Crippen LogP contribution < -0.4 is 10.1 Å². The lowest BCUT2D eigenvalue weighted by atomic mass is 10.0. The van der Waals surface area contributed by atoms with Gasteiger partial charge in [0.25, 0.3) is 0 Å².